The summed E-state index contributed by atoms with van der Waals surface area (Å²) in [5.74, 6) is 0.665. The molecule has 0 spiro atoms. The van der Waals surface area contributed by atoms with Gasteiger partial charge >= 0.3 is 0 Å². The molecule has 0 bridgehead atoms. The topological polar surface area (TPSA) is 15.3 Å². The van der Waals surface area contributed by atoms with E-state index >= 15 is 0 Å². The van der Waals surface area contributed by atoms with Gasteiger partial charge in [-0.2, -0.15) is 0 Å². The first kappa shape index (κ1) is 14.8. The number of nitrogens with zero attached hydrogens (tertiary/aromatic N) is 1. The van der Waals surface area contributed by atoms with E-state index in [0.29, 0.717) is 12.0 Å². The molecule has 0 aliphatic carbocycles. The molecule has 1 aliphatic rings. The van der Waals surface area contributed by atoms with Crippen LogP contribution in [0.3, 0.4) is 0 Å². The Bertz CT molecular complexity index is 413. The van der Waals surface area contributed by atoms with Crippen LogP contribution >= 0.6 is 11.6 Å². The van der Waals surface area contributed by atoms with Gasteiger partial charge in [0.2, 0.25) is 0 Å². The minimum Gasteiger partial charge on any atom is -0.314 e. The molecule has 1 heterocycles. The Morgan fingerprint density at radius 3 is 2.58 bits per heavy atom. The Morgan fingerprint density at radius 1 is 1.32 bits per heavy atom. The molecule has 19 heavy (non-hydrogen) atoms. The summed E-state index contributed by atoms with van der Waals surface area (Å²) in [4.78, 5) is 2.63. The Kier molecular flexibility index (Phi) is 5.26. The molecule has 1 aromatic rings. The predicted molar refractivity (Wildman–Crippen MR) is 82.8 cm³/mol. The van der Waals surface area contributed by atoms with E-state index in [4.69, 9.17) is 11.6 Å². The van der Waals surface area contributed by atoms with E-state index in [-0.39, 0.29) is 0 Å². The van der Waals surface area contributed by atoms with Crippen molar-refractivity contribution in [3.05, 3.63) is 34.3 Å². The Balaban J connectivity index is 2.30. The lowest BCUT2D eigenvalue weighted by atomic mass is 9.88. The molecule has 1 unspecified atom stereocenters. The van der Waals surface area contributed by atoms with Crippen LogP contribution in [0.25, 0.3) is 0 Å². The average Bonchev–Trinajstić information content (AvgIpc) is 2.42. The number of benzene rings is 1. The van der Waals surface area contributed by atoms with Crippen LogP contribution in [0.15, 0.2) is 18.2 Å². The molecule has 0 amide bonds. The van der Waals surface area contributed by atoms with Crippen molar-refractivity contribution in [2.75, 3.05) is 26.2 Å². The monoisotopic (exact) mass is 280 g/mol. The smallest absolute Gasteiger partial charge is 0.0408 e. The number of aryl methyl sites for hydroxylation is 1. The van der Waals surface area contributed by atoms with Crippen LogP contribution in [-0.2, 0) is 0 Å². The quantitative estimate of drug-likeness (QED) is 0.906. The van der Waals surface area contributed by atoms with E-state index in [9.17, 15) is 0 Å². The van der Waals surface area contributed by atoms with Gasteiger partial charge in [-0.15, -0.1) is 0 Å². The fraction of sp³-hybridized carbons (Fsp3) is 0.625. The molecular weight excluding hydrogens is 256 g/mol. The van der Waals surface area contributed by atoms with E-state index < -0.39 is 0 Å². The van der Waals surface area contributed by atoms with Gasteiger partial charge in [-0.25, -0.2) is 0 Å². The molecule has 1 N–H and O–H groups in total. The highest BCUT2D eigenvalue weighted by Crippen LogP contribution is 2.33. The maximum Gasteiger partial charge on any atom is 0.0408 e. The van der Waals surface area contributed by atoms with Crippen molar-refractivity contribution in [3.63, 3.8) is 0 Å². The Morgan fingerprint density at radius 2 is 2.00 bits per heavy atom. The third-order valence-corrected chi connectivity index (χ3v) is 4.51. The van der Waals surface area contributed by atoms with Crippen molar-refractivity contribution >= 4 is 11.6 Å². The fourth-order valence-electron chi connectivity index (χ4n) is 3.02. The first-order valence-corrected chi connectivity index (χ1v) is 7.72. The third kappa shape index (κ3) is 3.50. The van der Waals surface area contributed by atoms with Gasteiger partial charge in [0.1, 0.15) is 0 Å². The normalized spacial score (nSPS) is 20.2. The standard InChI is InChI=1S/C16H25ClN2/c1-4-12(2)16(19-9-7-18-8-10-19)15-6-5-14(17)11-13(15)3/h5-6,11-12,16,18H,4,7-10H2,1-3H3/t12?,16-/m1/s1. The average molecular weight is 281 g/mol. The fourth-order valence-corrected chi connectivity index (χ4v) is 3.24. The summed E-state index contributed by atoms with van der Waals surface area (Å²) in [6.07, 6.45) is 1.21. The molecule has 2 nitrogen and oxygen atoms in total. The summed E-state index contributed by atoms with van der Waals surface area (Å²) in [6, 6.07) is 6.86. The molecule has 2 atom stereocenters. The molecule has 1 fully saturated rings. The Labute approximate surface area is 122 Å². The number of halogens is 1. The van der Waals surface area contributed by atoms with Gasteiger partial charge in [0, 0.05) is 37.2 Å². The highest BCUT2D eigenvalue weighted by atomic mass is 35.5. The second-order valence-corrected chi connectivity index (χ2v) is 6.05. The van der Waals surface area contributed by atoms with E-state index in [1.165, 1.54) is 17.5 Å². The van der Waals surface area contributed by atoms with Crippen LogP contribution in [0.4, 0.5) is 0 Å². The summed E-state index contributed by atoms with van der Waals surface area (Å²) < 4.78 is 0. The SMILES string of the molecule is CCC(C)[C@H](c1ccc(Cl)cc1C)N1CCNCC1. The summed E-state index contributed by atoms with van der Waals surface area (Å²) >= 11 is 6.10. The number of rotatable bonds is 4. The summed E-state index contributed by atoms with van der Waals surface area (Å²) in [5.41, 5.74) is 2.76. The van der Waals surface area contributed by atoms with Crippen molar-refractivity contribution in [1.29, 1.82) is 0 Å². The van der Waals surface area contributed by atoms with Crippen molar-refractivity contribution in [2.45, 2.75) is 33.2 Å². The van der Waals surface area contributed by atoms with Crippen molar-refractivity contribution in [2.24, 2.45) is 5.92 Å². The van der Waals surface area contributed by atoms with E-state index in [2.05, 4.69) is 43.1 Å². The van der Waals surface area contributed by atoms with Crippen molar-refractivity contribution < 1.29 is 0 Å². The Hall–Kier alpha value is -0.570. The van der Waals surface area contributed by atoms with Gasteiger partial charge in [-0.3, -0.25) is 4.90 Å². The number of hydrogen-bond acceptors (Lipinski definition) is 2. The second kappa shape index (κ2) is 6.74. The van der Waals surface area contributed by atoms with Crippen molar-refractivity contribution in [3.8, 4) is 0 Å². The van der Waals surface area contributed by atoms with Gasteiger partial charge in [-0.05, 0) is 36.1 Å². The maximum absolute atomic E-state index is 6.10. The number of nitrogens with one attached hydrogen (secondary N) is 1. The summed E-state index contributed by atoms with van der Waals surface area (Å²) in [5, 5.41) is 4.28. The lowest BCUT2D eigenvalue weighted by molar-refractivity contribution is 0.128. The molecule has 3 heteroatoms. The van der Waals surface area contributed by atoms with Gasteiger partial charge in [-0.1, -0.05) is 37.9 Å². The highest BCUT2D eigenvalue weighted by Gasteiger charge is 2.27. The van der Waals surface area contributed by atoms with Gasteiger partial charge < -0.3 is 5.32 Å². The molecule has 0 saturated carbocycles. The maximum atomic E-state index is 6.10. The van der Waals surface area contributed by atoms with E-state index in [1.807, 2.05) is 6.07 Å². The molecule has 106 valence electrons. The van der Waals surface area contributed by atoms with Gasteiger partial charge in [0.05, 0.1) is 0 Å². The molecule has 1 aliphatic heterocycles. The second-order valence-electron chi connectivity index (χ2n) is 5.62. The number of piperazine rings is 1. The lowest BCUT2D eigenvalue weighted by Crippen LogP contribution is -2.46. The minimum atomic E-state index is 0.518. The molecule has 2 rings (SSSR count). The first-order chi connectivity index (χ1) is 9.13. The van der Waals surface area contributed by atoms with E-state index in [0.717, 1.165) is 31.2 Å². The lowest BCUT2D eigenvalue weighted by Gasteiger charge is -2.39. The van der Waals surface area contributed by atoms with E-state index in [1.54, 1.807) is 0 Å². The largest absolute Gasteiger partial charge is 0.314 e. The predicted octanol–water partition coefficient (Wildman–Crippen LogP) is 3.64. The van der Waals surface area contributed by atoms with Crippen LogP contribution in [0.5, 0.6) is 0 Å². The molecular formula is C16H25ClN2. The molecule has 0 aromatic heterocycles. The van der Waals surface area contributed by atoms with Crippen LogP contribution in [0, 0.1) is 12.8 Å². The zero-order valence-electron chi connectivity index (χ0n) is 12.2. The van der Waals surface area contributed by atoms with Gasteiger partial charge in [0.15, 0.2) is 0 Å². The summed E-state index contributed by atoms with van der Waals surface area (Å²) in [7, 11) is 0. The minimum absolute atomic E-state index is 0.518. The van der Waals surface area contributed by atoms with Crippen molar-refractivity contribution in [1.82, 2.24) is 10.2 Å². The summed E-state index contributed by atoms with van der Waals surface area (Å²) in [6.45, 7) is 11.3. The molecule has 0 radical (unpaired) electrons. The van der Waals surface area contributed by atoms with Gasteiger partial charge in [0.25, 0.3) is 0 Å². The van der Waals surface area contributed by atoms with Crippen LogP contribution in [-0.4, -0.2) is 31.1 Å². The number of hydrogen-bond donors (Lipinski definition) is 1. The molecule has 1 aromatic carbocycles. The van der Waals surface area contributed by atoms with Crippen LogP contribution in [0.2, 0.25) is 5.02 Å². The zero-order valence-corrected chi connectivity index (χ0v) is 13.0. The first-order valence-electron chi connectivity index (χ1n) is 7.34. The zero-order chi connectivity index (χ0) is 13.8. The highest BCUT2D eigenvalue weighted by molar-refractivity contribution is 6.30. The third-order valence-electron chi connectivity index (χ3n) is 4.28. The van der Waals surface area contributed by atoms with Crippen LogP contribution < -0.4 is 5.32 Å². The van der Waals surface area contributed by atoms with Crippen LogP contribution in [0.1, 0.15) is 37.4 Å². The molecule has 1 saturated heterocycles.